The van der Waals surface area contributed by atoms with Gasteiger partial charge in [0.2, 0.25) is 5.91 Å². The number of amides is 1. The van der Waals surface area contributed by atoms with Crippen LogP contribution in [0.15, 0.2) is 30.3 Å². The second kappa shape index (κ2) is 7.87. The molecule has 0 saturated carbocycles. The average molecular weight is 365 g/mol. The highest BCUT2D eigenvalue weighted by Gasteiger charge is 2.33. The zero-order valence-corrected chi connectivity index (χ0v) is 15.7. The van der Waals surface area contributed by atoms with E-state index in [0.29, 0.717) is 13.0 Å². The van der Waals surface area contributed by atoms with Crippen LogP contribution in [0.5, 0.6) is 0 Å². The quantitative estimate of drug-likeness (QED) is 0.868. The molecular weight excluding hydrogens is 336 g/mol. The van der Waals surface area contributed by atoms with E-state index < -0.39 is 9.84 Å². The highest BCUT2D eigenvalue weighted by atomic mass is 32.2. The van der Waals surface area contributed by atoms with Gasteiger partial charge in [0.15, 0.2) is 9.84 Å². The zero-order chi connectivity index (χ0) is 17.9. The minimum absolute atomic E-state index is 0.00390. The second-order valence-electron chi connectivity index (χ2n) is 7.49. The van der Waals surface area contributed by atoms with E-state index in [4.69, 9.17) is 0 Å². The number of piperidine rings is 1. The van der Waals surface area contributed by atoms with Crippen LogP contribution in [0.4, 0.5) is 0 Å². The van der Waals surface area contributed by atoms with Crippen LogP contribution in [0.1, 0.15) is 37.8 Å². The summed E-state index contributed by atoms with van der Waals surface area (Å²) < 4.78 is 23.2. The molecule has 2 fully saturated rings. The van der Waals surface area contributed by atoms with Gasteiger partial charge in [-0.05, 0) is 43.8 Å². The van der Waals surface area contributed by atoms with Gasteiger partial charge in [0.25, 0.3) is 0 Å². The van der Waals surface area contributed by atoms with Gasteiger partial charge in [0, 0.05) is 6.54 Å². The van der Waals surface area contributed by atoms with Crippen LogP contribution in [0.2, 0.25) is 0 Å². The number of carbonyl (C=O) groups excluding carboxylic acids is 1. The van der Waals surface area contributed by atoms with Gasteiger partial charge in [-0.15, -0.1) is 0 Å². The summed E-state index contributed by atoms with van der Waals surface area (Å²) in [5.41, 5.74) is 1.20. The maximum atomic E-state index is 12.4. The van der Waals surface area contributed by atoms with Crippen molar-refractivity contribution in [1.29, 1.82) is 0 Å². The standard InChI is InChI=1S/C19H28N2O3S/c1-15-7-10-21(11-8-15)18(16-5-3-2-4-6-16)13-20-19(22)17-9-12-25(23,24)14-17/h2-6,15,17-18H,7-14H2,1H3,(H,20,22). The molecule has 0 radical (unpaired) electrons. The fourth-order valence-corrected chi connectivity index (χ4v) is 5.56. The summed E-state index contributed by atoms with van der Waals surface area (Å²) in [5.74, 6) is 0.383. The molecule has 0 aliphatic carbocycles. The molecule has 2 atom stereocenters. The van der Waals surface area contributed by atoms with Crippen LogP contribution in [0.3, 0.4) is 0 Å². The Morgan fingerprint density at radius 1 is 1.20 bits per heavy atom. The Morgan fingerprint density at radius 3 is 2.48 bits per heavy atom. The van der Waals surface area contributed by atoms with Crippen LogP contribution in [0, 0.1) is 11.8 Å². The highest BCUT2D eigenvalue weighted by Crippen LogP contribution is 2.26. The molecule has 1 aromatic carbocycles. The lowest BCUT2D eigenvalue weighted by Crippen LogP contribution is -2.43. The molecule has 3 rings (SSSR count). The number of nitrogens with zero attached hydrogens (tertiary/aromatic N) is 1. The first-order chi connectivity index (χ1) is 11.9. The molecule has 2 heterocycles. The van der Waals surface area contributed by atoms with Crippen molar-refractivity contribution < 1.29 is 13.2 Å². The Morgan fingerprint density at radius 2 is 1.88 bits per heavy atom. The van der Waals surface area contributed by atoms with Crippen molar-refractivity contribution in [2.24, 2.45) is 11.8 Å². The number of nitrogens with one attached hydrogen (secondary N) is 1. The van der Waals surface area contributed by atoms with Crippen LogP contribution < -0.4 is 5.32 Å². The minimum Gasteiger partial charge on any atom is -0.354 e. The van der Waals surface area contributed by atoms with E-state index >= 15 is 0 Å². The van der Waals surface area contributed by atoms with Crippen molar-refractivity contribution in [1.82, 2.24) is 10.2 Å². The molecule has 1 N–H and O–H groups in total. The Balaban J connectivity index is 1.65. The summed E-state index contributed by atoms with van der Waals surface area (Å²) in [6.07, 6.45) is 2.81. The topological polar surface area (TPSA) is 66.5 Å². The second-order valence-corrected chi connectivity index (χ2v) is 9.72. The maximum Gasteiger partial charge on any atom is 0.224 e. The van der Waals surface area contributed by atoms with Gasteiger partial charge >= 0.3 is 0 Å². The van der Waals surface area contributed by atoms with Crippen molar-refractivity contribution in [2.75, 3.05) is 31.1 Å². The molecule has 138 valence electrons. The summed E-state index contributed by atoms with van der Waals surface area (Å²) in [6.45, 7) is 4.90. The van der Waals surface area contributed by atoms with E-state index in [2.05, 4.69) is 29.3 Å². The largest absolute Gasteiger partial charge is 0.354 e. The van der Waals surface area contributed by atoms with Crippen molar-refractivity contribution in [3.05, 3.63) is 35.9 Å². The monoisotopic (exact) mass is 364 g/mol. The van der Waals surface area contributed by atoms with Crippen LogP contribution in [-0.2, 0) is 14.6 Å². The van der Waals surface area contributed by atoms with Crippen LogP contribution in [0.25, 0.3) is 0 Å². The number of sulfone groups is 1. The number of likely N-dealkylation sites (tertiary alicyclic amines) is 1. The van der Waals surface area contributed by atoms with Crippen LogP contribution >= 0.6 is 0 Å². The lowest BCUT2D eigenvalue weighted by molar-refractivity contribution is -0.124. The van der Waals surface area contributed by atoms with Crippen molar-refractivity contribution in [2.45, 2.75) is 32.2 Å². The third kappa shape index (κ3) is 4.82. The summed E-state index contributed by atoms with van der Waals surface area (Å²) in [5, 5.41) is 3.02. The SMILES string of the molecule is CC1CCN(C(CNC(=O)C2CCS(=O)(=O)C2)c2ccccc2)CC1. The Hall–Kier alpha value is -1.40. The lowest BCUT2D eigenvalue weighted by atomic mass is 9.95. The Labute approximate surface area is 150 Å². The van der Waals surface area contributed by atoms with Gasteiger partial charge in [-0.2, -0.15) is 0 Å². The van der Waals surface area contributed by atoms with E-state index in [-0.39, 0.29) is 29.4 Å². The molecule has 5 nitrogen and oxygen atoms in total. The maximum absolute atomic E-state index is 12.4. The summed E-state index contributed by atoms with van der Waals surface area (Å²) in [7, 11) is -3.03. The van der Waals surface area contributed by atoms with E-state index in [9.17, 15) is 13.2 Å². The number of rotatable bonds is 5. The highest BCUT2D eigenvalue weighted by molar-refractivity contribution is 7.91. The molecule has 2 unspecified atom stereocenters. The molecule has 25 heavy (non-hydrogen) atoms. The molecule has 0 spiro atoms. The van der Waals surface area contributed by atoms with Gasteiger partial charge in [-0.3, -0.25) is 9.69 Å². The van der Waals surface area contributed by atoms with E-state index in [1.807, 2.05) is 18.2 Å². The molecular formula is C19H28N2O3S. The first-order valence-electron chi connectivity index (χ1n) is 9.22. The number of carbonyl (C=O) groups is 1. The van der Waals surface area contributed by atoms with Crippen molar-refractivity contribution in [3.63, 3.8) is 0 Å². The molecule has 2 saturated heterocycles. The van der Waals surface area contributed by atoms with Crippen molar-refractivity contribution >= 4 is 15.7 Å². The minimum atomic E-state index is -3.03. The van der Waals surface area contributed by atoms with E-state index in [1.54, 1.807) is 0 Å². The molecule has 1 aromatic rings. The Kier molecular flexibility index (Phi) is 5.79. The van der Waals surface area contributed by atoms with Gasteiger partial charge < -0.3 is 5.32 Å². The first kappa shape index (κ1) is 18.4. The third-order valence-corrected chi connectivity index (χ3v) is 7.28. The van der Waals surface area contributed by atoms with Gasteiger partial charge in [-0.25, -0.2) is 8.42 Å². The number of hydrogen-bond acceptors (Lipinski definition) is 4. The fourth-order valence-electron chi connectivity index (χ4n) is 3.82. The Bertz CT molecular complexity index is 682. The number of benzene rings is 1. The molecule has 1 amide bonds. The zero-order valence-electron chi connectivity index (χ0n) is 14.9. The van der Waals surface area contributed by atoms with E-state index in [0.717, 1.165) is 19.0 Å². The summed E-state index contributed by atoms with van der Waals surface area (Å²) >= 11 is 0. The first-order valence-corrected chi connectivity index (χ1v) is 11.0. The average Bonchev–Trinajstić information content (AvgIpc) is 2.97. The normalized spacial score (nSPS) is 25.6. The molecule has 0 aromatic heterocycles. The lowest BCUT2D eigenvalue weighted by Gasteiger charge is -2.37. The smallest absolute Gasteiger partial charge is 0.224 e. The predicted molar refractivity (Wildman–Crippen MR) is 98.9 cm³/mol. The predicted octanol–water partition coefficient (Wildman–Crippen LogP) is 2.01. The molecule has 6 heteroatoms. The van der Waals surface area contributed by atoms with Gasteiger partial charge in [0.05, 0.1) is 23.5 Å². The van der Waals surface area contributed by atoms with Crippen LogP contribution in [-0.4, -0.2) is 50.4 Å². The van der Waals surface area contributed by atoms with Crippen molar-refractivity contribution in [3.8, 4) is 0 Å². The molecule has 2 aliphatic rings. The van der Waals surface area contributed by atoms with Gasteiger partial charge in [0.1, 0.15) is 0 Å². The van der Waals surface area contributed by atoms with Gasteiger partial charge in [-0.1, -0.05) is 37.3 Å². The molecule has 0 bridgehead atoms. The molecule has 2 aliphatic heterocycles. The third-order valence-electron chi connectivity index (χ3n) is 5.52. The summed E-state index contributed by atoms with van der Waals surface area (Å²) in [4.78, 5) is 14.9. The van der Waals surface area contributed by atoms with E-state index in [1.165, 1.54) is 18.4 Å². The number of hydrogen-bond donors (Lipinski definition) is 1. The fraction of sp³-hybridized carbons (Fsp3) is 0.632. The summed E-state index contributed by atoms with van der Waals surface area (Å²) in [6, 6.07) is 10.4.